The second-order valence-electron chi connectivity index (χ2n) is 6.48. The minimum absolute atomic E-state index is 0.0212. The number of hydrogen-bond acceptors (Lipinski definition) is 4. The second kappa shape index (κ2) is 7.90. The Hall–Kier alpha value is -3.06. The molecule has 0 saturated carbocycles. The van der Waals surface area contributed by atoms with Crippen LogP contribution in [0.3, 0.4) is 0 Å². The van der Waals surface area contributed by atoms with Gasteiger partial charge in [0.15, 0.2) is 10.9 Å². The predicted molar refractivity (Wildman–Crippen MR) is 111 cm³/mol. The van der Waals surface area contributed by atoms with Crippen molar-refractivity contribution < 1.29 is 4.79 Å². The number of hydrogen-bond donors (Lipinski definition) is 2. The van der Waals surface area contributed by atoms with Crippen LogP contribution in [0.15, 0.2) is 70.7 Å². The van der Waals surface area contributed by atoms with Crippen molar-refractivity contribution in [3.05, 3.63) is 82.4 Å². The van der Waals surface area contributed by atoms with Crippen molar-refractivity contribution in [3.8, 4) is 0 Å². The summed E-state index contributed by atoms with van der Waals surface area (Å²) in [6.45, 7) is 2.56. The molecule has 4 rings (SSSR count). The number of carbonyl (C=O) groups excluding carboxylic acids is 1. The smallest absolute Gasteiger partial charge is 0.343 e. The molecule has 0 saturated heterocycles. The zero-order valence-electron chi connectivity index (χ0n) is 15.4. The molecule has 0 aliphatic carbocycles. The summed E-state index contributed by atoms with van der Waals surface area (Å²) >= 11 is 1.30. The summed E-state index contributed by atoms with van der Waals surface area (Å²) in [4.78, 5) is 28.8. The summed E-state index contributed by atoms with van der Waals surface area (Å²) in [5, 5.41) is 7.56. The fourth-order valence-corrected chi connectivity index (χ4v) is 4.37. The Kier molecular flexibility index (Phi) is 5.16. The quantitative estimate of drug-likeness (QED) is 0.365. The minimum atomic E-state index is -0.508. The summed E-state index contributed by atoms with van der Waals surface area (Å²) in [5.74, 6) is -0.0212. The average Bonchev–Trinajstić information content (AvgIpc) is 3.31. The standard InChI is InChI=1S/C21H20N4O2S/c1-2-12-25-20(27)23-24-21(25)28-19(14-8-4-3-5-9-14)18(26)16-13-22-17-11-7-6-10-15(16)17/h3-11,13,19,22H,2,12H2,1H3,(H,23,27)/t19-/m0/s1. The molecule has 0 bridgehead atoms. The Morgan fingerprint density at radius 3 is 2.68 bits per heavy atom. The van der Waals surface area contributed by atoms with Crippen LogP contribution in [0, 0.1) is 0 Å². The lowest BCUT2D eigenvalue weighted by Crippen LogP contribution is -2.18. The van der Waals surface area contributed by atoms with Crippen molar-refractivity contribution in [2.45, 2.75) is 30.3 Å². The summed E-state index contributed by atoms with van der Waals surface area (Å²) in [6.07, 6.45) is 2.56. The van der Waals surface area contributed by atoms with Gasteiger partial charge in [0.1, 0.15) is 5.25 Å². The number of H-pyrrole nitrogens is 2. The highest BCUT2D eigenvalue weighted by Gasteiger charge is 2.27. The van der Waals surface area contributed by atoms with Gasteiger partial charge in [0.25, 0.3) is 0 Å². The van der Waals surface area contributed by atoms with Crippen LogP contribution >= 0.6 is 11.8 Å². The van der Waals surface area contributed by atoms with Crippen LogP contribution in [0.5, 0.6) is 0 Å². The number of thioether (sulfide) groups is 1. The second-order valence-corrected chi connectivity index (χ2v) is 7.56. The Balaban J connectivity index is 1.76. The summed E-state index contributed by atoms with van der Waals surface area (Å²) in [6, 6.07) is 17.3. The van der Waals surface area contributed by atoms with Crippen molar-refractivity contribution >= 4 is 28.4 Å². The monoisotopic (exact) mass is 392 g/mol. The van der Waals surface area contributed by atoms with Gasteiger partial charge in [-0.25, -0.2) is 9.89 Å². The van der Waals surface area contributed by atoms with E-state index in [1.54, 1.807) is 10.8 Å². The number of aromatic amines is 2. The van der Waals surface area contributed by atoms with Gasteiger partial charge >= 0.3 is 5.69 Å². The van der Waals surface area contributed by atoms with Crippen LogP contribution in [-0.2, 0) is 6.54 Å². The molecule has 28 heavy (non-hydrogen) atoms. The summed E-state index contributed by atoms with van der Waals surface area (Å²) in [7, 11) is 0. The number of Topliss-reactive ketones (excluding diaryl/α,β-unsaturated/α-hetero) is 1. The molecule has 0 aliphatic rings. The molecule has 0 aliphatic heterocycles. The molecular formula is C21H20N4O2S. The molecule has 7 heteroatoms. The number of ketones is 1. The van der Waals surface area contributed by atoms with Crippen LogP contribution < -0.4 is 5.69 Å². The lowest BCUT2D eigenvalue weighted by Gasteiger charge is -2.15. The number of benzene rings is 2. The van der Waals surface area contributed by atoms with Gasteiger partial charge in [-0.05, 0) is 18.1 Å². The first-order valence-corrected chi connectivity index (χ1v) is 10.0. The van der Waals surface area contributed by atoms with Gasteiger partial charge in [0.05, 0.1) is 0 Å². The number of fused-ring (bicyclic) bond motifs is 1. The molecule has 0 spiro atoms. The molecular weight excluding hydrogens is 372 g/mol. The molecule has 2 aromatic carbocycles. The van der Waals surface area contributed by atoms with E-state index >= 15 is 0 Å². The van der Waals surface area contributed by atoms with E-state index in [-0.39, 0.29) is 11.5 Å². The topological polar surface area (TPSA) is 83.5 Å². The third-order valence-electron chi connectivity index (χ3n) is 4.59. The first-order chi connectivity index (χ1) is 13.7. The van der Waals surface area contributed by atoms with E-state index in [4.69, 9.17) is 0 Å². The van der Waals surface area contributed by atoms with Gasteiger partial charge in [-0.3, -0.25) is 9.36 Å². The number of para-hydroxylation sites is 1. The predicted octanol–water partition coefficient (Wildman–Crippen LogP) is 4.18. The maximum absolute atomic E-state index is 13.5. The molecule has 1 atom stereocenters. The molecule has 4 aromatic rings. The Morgan fingerprint density at radius 1 is 1.14 bits per heavy atom. The third-order valence-corrected chi connectivity index (χ3v) is 5.83. The van der Waals surface area contributed by atoms with Gasteiger partial charge in [-0.2, -0.15) is 0 Å². The number of rotatable bonds is 7. The van der Waals surface area contributed by atoms with Gasteiger partial charge in [-0.15, -0.1) is 5.10 Å². The van der Waals surface area contributed by atoms with Gasteiger partial charge < -0.3 is 4.98 Å². The maximum Gasteiger partial charge on any atom is 0.343 e. The normalized spacial score (nSPS) is 12.3. The molecule has 6 nitrogen and oxygen atoms in total. The van der Waals surface area contributed by atoms with E-state index in [0.29, 0.717) is 17.3 Å². The van der Waals surface area contributed by atoms with Gasteiger partial charge in [0, 0.05) is 29.2 Å². The molecule has 0 unspecified atom stereocenters. The van der Waals surface area contributed by atoms with E-state index < -0.39 is 5.25 Å². The van der Waals surface area contributed by atoms with E-state index in [1.165, 1.54) is 11.8 Å². The molecule has 2 N–H and O–H groups in total. The van der Waals surface area contributed by atoms with Gasteiger partial charge in [-0.1, -0.05) is 67.2 Å². The van der Waals surface area contributed by atoms with Gasteiger partial charge in [0.2, 0.25) is 0 Å². The molecule has 0 amide bonds. The largest absolute Gasteiger partial charge is 0.360 e. The lowest BCUT2D eigenvalue weighted by atomic mass is 10.0. The maximum atomic E-state index is 13.5. The van der Waals surface area contributed by atoms with Crippen molar-refractivity contribution in [2.24, 2.45) is 0 Å². The number of aromatic nitrogens is 4. The van der Waals surface area contributed by atoms with E-state index in [2.05, 4.69) is 15.2 Å². The number of nitrogens with zero attached hydrogens (tertiary/aromatic N) is 2. The number of carbonyl (C=O) groups is 1. The van der Waals surface area contributed by atoms with Crippen molar-refractivity contribution in [1.29, 1.82) is 0 Å². The lowest BCUT2D eigenvalue weighted by molar-refractivity contribution is 0.0991. The fourth-order valence-electron chi connectivity index (χ4n) is 3.24. The molecule has 142 valence electrons. The van der Waals surface area contributed by atoms with Crippen molar-refractivity contribution in [1.82, 2.24) is 19.7 Å². The average molecular weight is 392 g/mol. The summed E-state index contributed by atoms with van der Waals surface area (Å²) < 4.78 is 1.59. The minimum Gasteiger partial charge on any atom is -0.360 e. The zero-order valence-corrected chi connectivity index (χ0v) is 16.2. The van der Waals surface area contributed by atoms with Crippen LogP contribution in [-0.4, -0.2) is 25.5 Å². The van der Waals surface area contributed by atoms with E-state index in [9.17, 15) is 9.59 Å². The van der Waals surface area contributed by atoms with Crippen LogP contribution in [0.4, 0.5) is 0 Å². The van der Waals surface area contributed by atoms with Crippen LogP contribution in [0.25, 0.3) is 10.9 Å². The zero-order chi connectivity index (χ0) is 19.5. The number of nitrogens with one attached hydrogen (secondary N) is 2. The molecule has 0 fully saturated rings. The van der Waals surface area contributed by atoms with E-state index in [1.807, 2.05) is 61.5 Å². The fraction of sp³-hybridized carbons (Fsp3) is 0.190. The van der Waals surface area contributed by atoms with Crippen LogP contribution in [0.1, 0.15) is 34.5 Å². The molecule has 0 radical (unpaired) electrons. The first kappa shape index (κ1) is 18.3. The van der Waals surface area contributed by atoms with Crippen molar-refractivity contribution in [3.63, 3.8) is 0 Å². The highest BCUT2D eigenvalue weighted by Crippen LogP contribution is 2.37. The highest BCUT2D eigenvalue weighted by molar-refractivity contribution is 8.00. The third kappa shape index (κ3) is 3.41. The first-order valence-electron chi connectivity index (χ1n) is 9.16. The molecule has 2 aromatic heterocycles. The Bertz CT molecular complexity index is 1160. The Morgan fingerprint density at radius 2 is 1.89 bits per heavy atom. The van der Waals surface area contributed by atoms with Crippen LogP contribution in [0.2, 0.25) is 0 Å². The van der Waals surface area contributed by atoms with Crippen molar-refractivity contribution in [2.75, 3.05) is 0 Å². The SMILES string of the molecule is CCCn1c(S[C@H](C(=O)c2c[nH]c3ccccc23)c2ccccc2)n[nH]c1=O. The van der Waals surface area contributed by atoms with E-state index in [0.717, 1.165) is 22.9 Å². The Labute approximate surface area is 166 Å². The summed E-state index contributed by atoms with van der Waals surface area (Å²) in [5.41, 5.74) is 2.18. The highest BCUT2D eigenvalue weighted by atomic mass is 32.2. The molecule has 2 heterocycles.